The topological polar surface area (TPSA) is 66.4 Å². The number of rotatable bonds is 8. The number of ketones is 1. The van der Waals surface area contributed by atoms with Gasteiger partial charge in [-0.15, -0.1) is 0 Å². The molecule has 0 heterocycles. The summed E-state index contributed by atoms with van der Waals surface area (Å²) in [6, 6.07) is 9.38. The molecule has 0 radical (unpaired) electrons. The fourth-order valence-electron chi connectivity index (χ4n) is 2.46. The normalized spacial score (nSPS) is 15.5. The summed E-state index contributed by atoms with van der Waals surface area (Å²) in [5, 5.41) is 12.4. The molecule has 2 rings (SSSR count). The van der Waals surface area contributed by atoms with E-state index in [1.165, 1.54) is 5.56 Å². The monoisotopic (exact) mass is 299 g/mol. The van der Waals surface area contributed by atoms with Crippen LogP contribution in [0.4, 0.5) is 0 Å². The van der Waals surface area contributed by atoms with Crippen molar-refractivity contribution in [2.24, 2.45) is 0 Å². The van der Waals surface area contributed by atoms with E-state index in [4.69, 9.17) is 0 Å². The van der Waals surface area contributed by atoms with Gasteiger partial charge in [-0.05, 0) is 43.0 Å². The lowest BCUT2D eigenvalue weighted by Crippen LogP contribution is -2.37. The van der Waals surface area contributed by atoms with Crippen LogP contribution in [0.15, 0.2) is 54.1 Å². The minimum Gasteiger partial charge on any atom is -0.480 e. The van der Waals surface area contributed by atoms with Gasteiger partial charge in [0.1, 0.15) is 6.04 Å². The van der Waals surface area contributed by atoms with Gasteiger partial charge in [0.15, 0.2) is 5.78 Å². The number of carboxylic acid groups (broad SMARTS) is 1. The summed E-state index contributed by atoms with van der Waals surface area (Å²) in [5.41, 5.74) is 2.09. The minimum absolute atomic E-state index is 0.0846. The molecule has 0 amide bonds. The zero-order chi connectivity index (χ0) is 15.8. The van der Waals surface area contributed by atoms with Crippen LogP contribution in [0.5, 0.6) is 0 Å². The molecular formula is C18H21NO3. The van der Waals surface area contributed by atoms with Crippen molar-refractivity contribution in [3.8, 4) is 0 Å². The fourth-order valence-corrected chi connectivity index (χ4v) is 2.46. The van der Waals surface area contributed by atoms with Gasteiger partial charge in [0.05, 0.1) is 0 Å². The van der Waals surface area contributed by atoms with E-state index in [0.717, 1.165) is 12.0 Å². The molecule has 1 aliphatic rings. The van der Waals surface area contributed by atoms with Gasteiger partial charge in [0, 0.05) is 6.42 Å². The van der Waals surface area contributed by atoms with E-state index in [1.54, 1.807) is 6.08 Å². The molecule has 0 fully saturated rings. The molecule has 0 aliphatic heterocycles. The van der Waals surface area contributed by atoms with E-state index in [-0.39, 0.29) is 5.78 Å². The van der Waals surface area contributed by atoms with Crippen LogP contribution in [0.25, 0.3) is 0 Å². The Morgan fingerprint density at radius 3 is 2.68 bits per heavy atom. The van der Waals surface area contributed by atoms with Gasteiger partial charge in [0.2, 0.25) is 0 Å². The van der Waals surface area contributed by atoms with E-state index in [9.17, 15) is 14.7 Å². The lowest BCUT2D eigenvalue weighted by atomic mass is 9.99. The first-order valence-corrected chi connectivity index (χ1v) is 7.55. The summed E-state index contributed by atoms with van der Waals surface area (Å²) < 4.78 is 0. The first kappa shape index (κ1) is 16.2. The second-order valence-corrected chi connectivity index (χ2v) is 5.41. The van der Waals surface area contributed by atoms with Crippen molar-refractivity contribution in [3.63, 3.8) is 0 Å². The highest BCUT2D eigenvalue weighted by Crippen LogP contribution is 2.14. The van der Waals surface area contributed by atoms with Crippen molar-refractivity contribution < 1.29 is 14.7 Å². The van der Waals surface area contributed by atoms with E-state index in [2.05, 4.69) is 5.32 Å². The Bertz CT molecular complexity index is 575. The van der Waals surface area contributed by atoms with Gasteiger partial charge in [-0.1, -0.05) is 42.5 Å². The molecule has 116 valence electrons. The number of carboxylic acids is 1. The number of nitrogens with one attached hydrogen (secondary N) is 1. The molecule has 0 aromatic heterocycles. The smallest absolute Gasteiger partial charge is 0.320 e. The van der Waals surface area contributed by atoms with Gasteiger partial charge in [-0.3, -0.25) is 9.59 Å². The van der Waals surface area contributed by atoms with Crippen molar-refractivity contribution in [1.29, 1.82) is 0 Å². The average Bonchev–Trinajstić information content (AvgIpc) is 2.51. The second kappa shape index (κ2) is 8.29. The first-order valence-electron chi connectivity index (χ1n) is 7.55. The Kier molecular flexibility index (Phi) is 6.10. The van der Waals surface area contributed by atoms with Gasteiger partial charge >= 0.3 is 5.97 Å². The first-order chi connectivity index (χ1) is 10.6. The highest BCUT2D eigenvalue weighted by molar-refractivity contribution is 5.93. The third-order valence-corrected chi connectivity index (χ3v) is 3.66. The maximum atomic E-state index is 11.3. The number of benzene rings is 1. The van der Waals surface area contributed by atoms with Crippen molar-refractivity contribution in [3.05, 3.63) is 59.7 Å². The predicted molar refractivity (Wildman–Crippen MR) is 85.7 cm³/mol. The largest absolute Gasteiger partial charge is 0.480 e. The zero-order valence-electron chi connectivity index (χ0n) is 12.5. The summed E-state index contributed by atoms with van der Waals surface area (Å²) in [7, 11) is 0. The Morgan fingerprint density at radius 2 is 2.00 bits per heavy atom. The standard InChI is InChI=1S/C18H21NO3/c20-16-8-4-7-15(13-16)9-10-17(18(21)22)19-12-11-14-5-2-1-3-6-14/h1-7,13,17,19H,8-12H2,(H,21,22)/t17-/m0/s1. The molecule has 0 unspecified atom stereocenters. The molecule has 0 spiro atoms. The van der Waals surface area contributed by atoms with Gasteiger partial charge in [0.25, 0.3) is 0 Å². The number of carbonyl (C=O) groups is 2. The molecular weight excluding hydrogens is 278 g/mol. The van der Waals surface area contributed by atoms with Crippen LogP contribution in [-0.4, -0.2) is 29.4 Å². The lowest BCUT2D eigenvalue weighted by molar-refractivity contribution is -0.139. The van der Waals surface area contributed by atoms with Crippen LogP contribution < -0.4 is 5.32 Å². The van der Waals surface area contributed by atoms with Gasteiger partial charge in [-0.2, -0.15) is 0 Å². The predicted octanol–water partition coefficient (Wildman–Crippen LogP) is 2.51. The maximum Gasteiger partial charge on any atom is 0.320 e. The average molecular weight is 299 g/mol. The summed E-state index contributed by atoms with van der Waals surface area (Å²) in [6.45, 7) is 0.620. The van der Waals surface area contributed by atoms with Gasteiger partial charge < -0.3 is 10.4 Å². The number of allylic oxidation sites excluding steroid dienone is 4. The highest BCUT2D eigenvalue weighted by Gasteiger charge is 2.17. The van der Waals surface area contributed by atoms with Gasteiger partial charge in [-0.25, -0.2) is 0 Å². The molecule has 2 N–H and O–H groups in total. The maximum absolute atomic E-state index is 11.3. The highest BCUT2D eigenvalue weighted by atomic mass is 16.4. The molecule has 1 atom stereocenters. The fraction of sp³-hybridized carbons (Fsp3) is 0.333. The Labute approximate surface area is 130 Å². The van der Waals surface area contributed by atoms with E-state index in [0.29, 0.717) is 25.8 Å². The van der Waals surface area contributed by atoms with Crippen LogP contribution in [0.2, 0.25) is 0 Å². The third-order valence-electron chi connectivity index (χ3n) is 3.66. The lowest BCUT2D eigenvalue weighted by Gasteiger charge is -2.15. The summed E-state index contributed by atoms with van der Waals surface area (Å²) in [5.74, 6) is -0.763. The van der Waals surface area contributed by atoms with E-state index in [1.807, 2.05) is 42.5 Å². The molecule has 0 saturated heterocycles. The van der Waals surface area contributed by atoms with Crippen LogP contribution in [0.3, 0.4) is 0 Å². The minimum atomic E-state index is -0.847. The molecule has 4 nitrogen and oxygen atoms in total. The Morgan fingerprint density at radius 1 is 1.23 bits per heavy atom. The van der Waals surface area contributed by atoms with Crippen LogP contribution in [0.1, 0.15) is 24.8 Å². The quantitative estimate of drug-likeness (QED) is 0.774. The van der Waals surface area contributed by atoms with Crippen molar-refractivity contribution >= 4 is 11.8 Å². The Hall–Kier alpha value is -2.20. The van der Waals surface area contributed by atoms with Crippen molar-refractivity contribution in [2.45, 2.75) is 31.7 Å². The van der Waals surface area contributed by atoms with E-state index >= 15 is 0 Å². The Balaban J connectivity index is 1.79. The zero-order valence-corrected chi connectivity index (χ0v) is 12.5. The van der Waals surface area contributed by atoms with Crippen molar-refractivity contribution in [1.82, 2.24) is 5.32 Å². The summed E-state index contributed by atoms with van der Waals surface area (Å²) in [4.78, 5) is 22.6. The van der Waals surface area contributed by atoms with Crippen LogP contribution in [-0.2, 0) is 16.0 Å². The second-order valence-electron chi connectivity index (χ2n) is 5.41. The summed E-state index contributed by atoms with van der Waals surface area (Å²) >= 11 is 0. The van der Waals surface area contributed by atoms with E-state index < -0.39 is 12.0 Å². The SMILES string of the molecule is O=C1C=C(CC[C@H](NCCc2ccccc2)C(=O)O)C=CC1. The molecule has 4 heteroatoms. The molecule has 1 aromatic rings. The molecule has 1 aliphatic carbocycles. The number of aliphatic carboxylic acids is 1. The van der Waals surface area contributed by atoms with Crippen LogP contribution in [0, 0.1) is 0 Å². The third kappa shape index (κ3) is 5.30. The molecule has 0 bridgehead atoms. The molecule has 22 heavy (non-hydrogen) atoms. The number of carbonyl (C=O) groups excluding carboxylic acids is 1. The summed E-state index contributed by atoms with van der Waals surface area (Å²) in [6.07, 6.45) is 7.67. The van der Waals surface area contributed by atoms with Crippen molar-refractivity contribution in [2.75, 3.05) is 6.54 Å². The molecule has 0 saturated carbocycles. The number of hydrogen-bond acceptors (Lipinski definition) is 3. The molecule has 1 aromatic carbocycles. The number of hydrogen-bond donors (Lipinski definition) is 2. The van der Waals surface area contributed by atoms with Crippen LogP contribution >= 0.6 is 0 Å².